The van der Waals surface area contributed by atoms with E-state index in [9.17, 15) is 0 Å². The van der Waals surface area contributed by atoms with Gasteiger partial charge in [-0.3, -0.25) is 0 Å². The summed E-state index contributed by atoms with van der Waals surface area (Å²) in [4.78, 5) is 0. The van der Waals surface area contributed by atoms with Gasteiger partial charge in [-0.15, -0.1) is 0 Å². The van der Waals surface area contributed by atoms with Gasteiger partial charge in [0.1, 0.15) is 7.05 Å². The smallest absolute Gasteiger partial charge is 0.200 e. The highest BCUT2D eigenvalue weighted by Crippen LogP contribution is 2.25. The summed E-state index contributed by atoms with van der Waals surface area (Å²) in [6, 6.07) is 15.1. The van der Waals surface area contributed by atoms with Gasteiger partial charge < -0.3 is 0 Å². The van der Waals surface area contributed by atoms with Gasteiger partial charge in [0.25, 0.3) is 0 Å². The molecule has 0 saturated carbocycles. The number of benzene rings is 2. The maximum Gasteiger partial charge on any atom is 0.220 e. The van der Waals surface area contributed by atoms with Crippen LogP contribution in [0.2, 0.25) is 0 Å². The number of nitrogens with zero attached hydrogens (tertiary/aromatic N) is 1. The number of hydrogen-bond acceptors (Lipinski definition) is 0. The Morgan fingerprint density at radius 3 is 2.05 bits per heavy atom. The second kappa shape index (κ2) is 7.64. The zero-order chi connectivity index (χ0) is 15.1. The maximum atomic E-state index is 2.20. The number of rotatable bonds is 0. The number of aromatic nitrogens is 1. The van der Waals surface area contributed by atoms with E-state index < -0.39 is 0 Å². The molecule has 0 fully saturated rings. The molecule has 1 aromatic heterocycles. The SMILES string of the molecule is CC.CC.Cc1cccc2ccc3ccc[n+](C)c3c12. The van der Waals surface area contributed by atoms with Crippen LogP contribution in [0.4, 0.5) is 0 Å². The molecule has 0 aliphatic carbocycles. The van der Waals surface area contributed by atoms with E-state index >= 15 is 0 Å². The molecule has 1 nitrogen and oxygen atoms in total. The van der Waals surface area contributed by atoms with Crippen LogP contribution >= 0.6 is 0 Å². The quantitative estimate of drug-likeness (QED) is 0.391. The van der Waals surface area contributed by atoms with Crippen LogP contribution in [0.5, 0.6) is 0 Å². The largest absolute Gasteiger partial charge is 0.220 e. The third-order valence-electron chi connectivity index (χ3n) is 3.20. The Labute approximate surface area is 122 Å². The highest BCUT2D eigenvalue weighted by Gasteiger charge is 2.10. The molecule has 0 amide bonds. The fourth-order valence-electron chi connectivity index (χ4n) is 2.42. The number of aryl methyl sites for hydroxylation is 2. The first kappa shape index (κ1) is 16.2. The second-order valence-electron chi connectivity index (χ2n) is 4.30. The van der Waals surface area contributed by atoms with Crippen molar-refractivity contribution in [3.63, 3.8) is 0 Å². The first-order chi connectivity index (χ1) is 9.77. The predicted octanol–water partition coefficient (Wildman–Crippen LogP) is 5.18. The minimum Gasteiger partial charge on any atom is -0.200 e. The molecule has 106 valence electrons. The molecular weight excluding hydrogens is 242 g/mol. The third-order valence-corrected chi connectivity index (χ3v) is 3.20. The Morgan fingerprint density at radius 1 is 0.750 bits per heavy atom. The first-order valence-corrected chi connectivity index (χ1v) is 7.54. The summed E-state index contributed by atoms with van der Waals surface area (Å²) >= 11 is 0. The molecule has 20 heavy (non-hydrogen) atoms. The molecule has 3 rings (SSSR count). The number of fused-ring (bicyclic) bond motifs is 3. The van der Waals surface area contributed by atoms with Crippen molar-refractivity contribution >= 4 is 21.7 Å². The third kappa shape index (κ3) is 2.98. The zero-order valence-corrected chi connectivity index (χ0v) is 13.6. The van der Waals surface area contributed by atoms with Crippen molar-refractivity contribution < 1.29 is 4.57 Å². The van der Waals surface area contributed by atoms with Crippen molar-refractivity contribution in [3.8, 4) is 0 Å². The van der Waals surface area contributed by atoms with Crippen LogP contribution in [0.1, 0.15) is 33.3 Å². The lowest BCUT2D eigenvalue weighted by Gasteiger charge is -2.04. The average Bonchev–Trinajstić information content (AvgIpc) is 2.51. The van der Waals surface area contributed by atoms with E-state index in [1.807, 2.05) is 27.7 Å². The molecular formula is C19H26N+. The van der Waals surface area contributed by atoms with Crippen molar-refractivity contribution in [2.24, 2.45) is 7.05 Å². The van der Waals surface area contributed by atoms with E-state index in [1.54, 1.807) is 0 Å². The summed E-state index contributed by atoms with van der Waals surface area (Å²) in [6.07, 6.45) is 2.11. The summed E-state index contributed by atoms with van der Waals surface area (Å²) in [7, 11) is 2.11. The number of pyridine rings is 1. The van der Waals surface area contributed by atoms with E-state index in [1.165, 1.54) is 27.2 Å². The lowest BCUT2D eigenvalue weighted by molar-refractivity contribution is -0.644. The molecule has 0 atom stereocenters. The molecule has 1 heterocycles. The van der Waals surface area contributed by atoms with Crippen molar-refractivity contribution in [2.45, 2.75) is 34.6 Å². The van der Waals surface area contributed by atoms with Crippen LogP contribution in [0.3, 0.4) is 0 Å². The van der Waals surface area contributed by atoms with Gasteiger partial charge in [0.15, 0.2) is 6.20 Å². The highest BCUT2D eigenvalue weighted by atomic mass is 14.9. The summed E-state index contributed by atoms with van der Waals surface area (Å²) in [6.45, 7) is 10.2. The minimum atomic E-state index is 1.30. The summed E-state index contributed by atoms with van der Waals surface area (Å²) in [5.41, 5.74) is 2.66. The number of hydrogen-bond donors (Lipinski definition) is 0. The summed E-state index contributed by atoms with van der Waals surface area (Å²) in [5.74, 6) is 0. The van der Waals surface area contributed by atoms with Gasteiger partial charge in [-0.25, -0.2) is 4.57 Å². The van der Waals surface area contributed by atoms with Gasteiger partial charge in [0, 0.05) is 11.5 Å². The monoisotopic (exact) mass is 268 g/mol. The zero-order valence-electron chi connectivity index (χ0n) is 13.6. The van der Waals surface area contributed by atoms with Gasteiger partial charge in [-0.2, -0.15) is 0 Å². The van der Waals surface area contributed by atoms with E-state index in [0.717, 1.165) is 0 Å². The lowest BCUT2D eigenvalue weighted by Crippen LogP contribution is -2.28. The van der Waals surface area contributed by atoms with Gasteiger partial charge in [0.2, 0.25) is 5.52 Å². The Balaban J connectivity index is 0.000000461. The maximum absolute atomic E-state index is 2.20. The van der Waals surface area contributed by atoms with Crippen LogP contribution in [-0.2, 0) is 7.05 Å². The van der Waals surface area contributed by atoms with Crippen molar-refractivity contribution in [1.29, 1.82) is 0 Å². The lowest BCUT2D eigenvalue weighted by atomic mass is 10.0. The second-order valence-corrected chi connectivity index (χ2v) is 4.30. The fraction of sp³-hybridized carbons (Fsp3) is 0.316. The Kier molecular flexibility index (Phi) is 6.17. The van der Waals surface area contributed by atoms with Gasteiger partial charge in [-0.05, 0) is 30.0 Å². The van der Waals surface area contributed by atoms with E-state index in [-0.39, 0.29) is 0 Å². The van der Waals surface area contributed by atoms with E-state index in [2.05, 4.69) is 67.2 Å². The Morgan fingerprint density at radius 2 is 1.35 bits per heavy atom. The fourth-order valence-corrected chi connectivity index (χ4v) is 2.42. The normalized spacial score (nSPS) is 9.50. The molecule has 3 aromatic rings. The van der Waals surface area contributed by atoms with Crippen LogP contribution in [0.25, 0.3) is 21.7 Å². The van der Waals surface area contributed by atoms with Crippen molar-refractivity contribution in [2.75, 3.05) is 0 Å². The van der Waals surface area contributed by atoms with E-state index in [0.29, 0.717) is 0 Å². The molecule has 0 aliphatic heterocycles. The van der Waals surface area contributed by atoms with Crippen molar-refractivity contribution in [3.05, 3.63) is 54.2 Å². The average molecular weight is 268 g/mol. The molecule has 2 aromatic carbocycles. The van der Waals surface area contributed by atoms with Gasteiger partial charge in [0.05, 0.1) is 5.39 Å². The summed E-state index contributed by atoms with van der Waals surface area (Å²) in [5, 5.41) is 3.98. The molecule has 0 bridgehead atoms. The predicted molar refractivity (Wildman–Crippen MR) is 90.1 cm³/mol. The van der Waals surface area contributed by atoms with Crippen molar-refractivity contribution in [1.82, 2.24) is 0 Å². The Bertz CT molecular complexity index is 623. The molecule has 0 aliphatic rings. The Hall–Kier alpha value is -1.89. The van der Waals surface area contributed by atoms with Crippen LogP contribution in [0, 0.1) is 6.92 Å². The standard InChI is InChI=1S/C15H14N.2C2H6/c1-11-5-3-6-12-8-9-13-7-4-10-16(2)15(13)14(11)12;2*1-2/h3-10H,1-2H3;2*1-2H3/q+1;;. The first-order valence-electron chi connectivity index (χ1n) is 7.54. The summed E-state index contributed by atoms with van der Waals surface area (Å²) < 4.78 is 2.20. The molecule has 0 radical (unpaired) electrons. The molecule has 0 unspecified atom stereocenters. The van der Waals surface area contributed by atoms with Crippen LogP contribution in [0.15, 0.2) is 48.7 Å². The highest BCUT2D eigenvalue weighted by molar-refractivity contribution is 6.05. The van der Waals surface area contributed by atoms with Crippen LogP contribution < -0.4 is 4.57 Å². The van der Waals surface area contributed by atoms with Gasteiger partial charge in [-0.1, -0.05) is 52.0 Å². The molecule has 0 N–H and O–H groups in total. The molecule has 0 saturated heterocycles. The van der Waals surface area contributed by atoms with Crippen LogP contribution in [-0.4, -0.2) is 0 Å². The molecule has 0 spiro atoms. The van der Waals surface area contributed by atoms with Gasteiger partial charge >= 0.3 is 0 Å². The molecule has 1 heteroatoms. The topological polar surface area (TPSA) is 3.88 Å². The minimum absolute atomic E-state index is 1.30. The van der Waals surface area contributed by atoms with E-state index in [4.69, 9.17) is 0 Å².